The summed E-state index contributed by atoms with van der Waals surface area (Å²) < 4.78 is 11.1. The summed E-state index contributed by atoms with van der Waals surface area (Å²) in [6.07, 6.45) is 0.425. The average Bonchev–Trinajstić information content (AvgIpc) is 2.91. The van der Waals surface area contributed by atoms with Crippen molar-refractivity contribution < 1.29 is 14.3 Å². The largest absolute Gasteiger partial charge is 0.493 e. The summed E-state index contributed by atoms with van der Waals surface area (Å²) in [6.45, 7) is 7.20. The highest BCUT2D eigenvalue weighted by Crippen LogP contribution is 2.16. The Morgan fingerprint density at radius 3 is 2.82 bits per heavy atom. The molecule has 1 aromatic carbocycles. The SMILES string of the molecule is CCN1C[C@H](NC(=O)CCOc2ccccc2C)[C@@H](OC)C1. The first kappa shape index (κ1) is 16.8. The normalized spacial score (nSPS) is 21.8. The van der Waals surface area contributed by atoms with Gasteiger partial charge in [-0.3, -0.25) is 9.69 Å². The Balaban J connectivity index is 1.75. The monoisotopic (exact) mass is 306 g/mol. The molecule has 2 rings (SSSR count). The predicted molar refractivity (Wildman–Crippen MR) is 86.1 cm³/mol. The second-order valence-electron chi connectivity index (χ2n) is 5.66. The second-order valence-corrected chi connectivity index (χ2v) is 5.66. The van der Waals surface area contributed by atoms with Gasteiger partial charge in [0.2, 0.25) is 5.91 Å². The molecule has 0 unspecified atom stereocenters. The molecular weight excluding hydrogens is 280 g/mol. The van der Waals surface area contributed by atoms with Crippen molar-refractivity contribution in [3.8, 4) is 5.75 Å². The maximum Gasteiger partial charge on any atom is 0.223 e. The van der Waals surface area contributed by atoms with Gasteiger partial charge in [0.25, 0.3) is 0 Å². The number of carbonyl (C=O) groups excluding carboxylic acids is 1. The highest BCUT2D eigenvalue weighted by atomic mass is 16.5. The lowest BCUT2D eigenvalue weighted by Crippen LogP contribution is -2.44. The summed E-state index contributed by atoms with van der Waals surface area (Å²) in [4.78, 5) is 14.3. The van der Waals surface area contributed by atoms with Crippen LogP contribution in [0.2, 0.25) is 0 Å². The van der Waals surface area contributed by atoms with Crippen LogP contribution in [-0.2, 0) is 9.53 Å². The minimum absolute atomic E-state index is 0.0126. The van der Waals surface area contributed by atoms with Gasteiger partial charge in [-0.15, -0.1) is 0 Å². The fourth-order valence-corrected chi connectivity index (χ4v) is 2.74. The first-order valence-corrected chi connectivity index (χ1v) is 7.87. The lowest BCUT2D eigenvalue weighted by molar-refractivity contribution is -0.122. The number of methoxy groups -OCH3 is 1. The van der Waals surface area contributed by atoms with Crippen molar-refractivity contribution >= 4 is 5.91 Å². The van der Waals surface area contributed by atoms with Gasteiger partial charge in [-0.25, -0.2) is 0 Å². The average molecular weight is 306 g/mol. The molecule has 1 N–H and O–H groups in total. The van der Waals surface area contributed by atoms with Crippen molar-refractivity contribution in [1.82, 2.24) is 10.2 Å². The molecule has 22 heavy (non-hydrogen) atoms. The lowest BCUT2D eigenvalue weighted by Gasteiger charge is -2.18. The maximum absolute atomic E-state index is 12.1. The number of ether oxygens (including phenoxy) is 2. The Morgan fingerprint density at radius 1 is 1.36 bits per heavy atom. The number of carbonyl (C=O) groups is 1. The number of benzene rings is 1. The van der Waals surface area contributed by atoms with Crippen LogP contribution in [0.3, 0.4) is 0 Å². The van der Waals surface area contributed by atoms with E-state index in [9.17, 15) is 4.79 Å². The molecule has 0 radical (unpaired) electrons. The van der Waals surface area contributed by atoms with Crippen LogP contribution < -0.4 is 10.1 Å². The molecule has 1 amide bonds. The molecule has 2 atom stereocenters. The molecule has 1 aliphatic heterocycles. The van der Waals surface area contributed by atoms with Gasteiger partial charge in [-0.05, 0) is 25.1 Å². The number of rotatable bonds is 7. The summed E-state index contributed by atoms with van der Waals surface area (Å²) in [5.74, 6) is 0.849. The highest BCUT2D eigenvalue weighted by Gasteiger charge is 2.32. The van der Waals surface area contributed by atoms with Crippen LogP contribution in [0.25, 0.3) is 0 Å². The van der Waals surface area contributed by atoms with Crippen molar-refractivity contribution in [2.75, 3.05) is 33.4 Å². The topological polar surface area (TPSA) is 50.8 Å². The first-order valence-electron chi connectivity index (χ1n) is 7.87. The molecule has 1 aromatic rings. The van der Waals surface area contributed by atoms with Crippen LogP contribution in [0.5, 0.6) is 5.75 Å². The number of likely N-dealkylation sites (tertiary alicyclic amines) is 1. The summed E-state index contributed by atoms with van der Waals surface area (Å²) in [7, 11) is 1.70. The zero-order valence-electron chi connectivity index (χ0n) is 13.7. The summed E-state index contributed by atoms with van der Waals surface area (Å²) in [5, 5.41) is 3.06. The Morgan fingerprint density at radius 2 is 2.14 bits per heavy atom. The fraction of sp³-hybridized carbons (Fsp3) is 0.588. The third-order valence-electron chi connectivity index (χ3n) is 4.12. The predicted octanol–water partition coefficient (Wildman–Crippen LogP) is 1.60. The number of likely N-dealkylation sites (N-methyl/N-ethyl adjacent to an activating group) is 1. The van der Waals surface area contributed by atoms with Gasteiger partial charge >= 0.3 is 0 Å². The highest BCUT2D eigenvalue weighted by molar-refractivity contribution is 5.76. The zero-order chi connectivity index (χ0) is 15.9. The van der Waals surface area contributed by atoms with Gasteiger partial charge < -0.3 is 14.8 Å². The molecule has 122 valence electrons. The van der Waals surface area contributed by atoms with Crippen molar-refractivity contribution in [3.05, 3.63) is 29.8 Å². The van der Waals surface area contributed by atoms with Crippen molar-refractivity contribution in [3.63, 3.8) is 0 Å². The summed E-state index contributed by atoms with van der Waals surface area (Å²) in [5.41, 5.74) is 1.08. The molecule has 1 fully saturated rings. The van der Waals surface area contributed by atoms with Crippen LogP contribution in [0, 0.1) is 6.92 Å². The lowest BCUT2D eigenvalue weighted by atomic mass is 10.2. The minimum atomic E-state index is 0.0126. The molecule has 5 nitrogen and oxygen atoms in total. The number of hydrogen-bond donors (Lipinski definition) is 1. The third kappa shape index (κ3) is 4.45. The van der Waals surface area contributed by atoms with Gasteiger partial charge in [0.1, 0.15) is 5.75 Å². The number of nitrogens with zero attached hydrogens (tertiary/aromatic N) is 1. The Labute approximate surface area is 132 Å². The van der Waals surface area contributed by atoms with E-state index in [2.05, 4.69) is 17.1 Å². The molecule has 1 heterocycles. The Bertz CT molecular complexity index is 493. The number of hydrogen-bond acceptors (Lipinski definition) is 4. The summed E-state index contributed by atoms with van der Waals surface area (Å²) in [6, 6.07) is 7.89. The van der Waals surface area contributed by atoms with E-state index in [4.69, 9.17) is 9.47 Å². The summed E-state index contributed by atoms with van der Waals surface area (Å²) >= 11 is 0. The van der Waals surface area contributed by atoms with Gasteiger partial charge in [0.15, 0.2) is 0 Å². The fourth-order valence-electron chi connectivity index (χ4n) is 2.74. The molecule has 1 saturated heterocycles. The number of amides is 1. The quantitative estimate of drug-likeness (QED) is 0.831. The van der Waals surface area contributed by atoms with Gasteiger partial charge in [-0.2, -0.15) is 0 Å². The van der Waals surface area contributed by atoms with E-state index in [0.29, 0.717) is 13.0 Å². The smallest absolute Gasteiger partial charge is 0.223 e. The van der Waals surface area contributed by atoms with E-state index < -0.39 is 0 Å². The standard InChI is InChI=1S/C17H26N2O3/c1-4-19-11-14(16(12-19)21-3)18-17(20)9-10-22-15-8-6-5-7-13(15)2/h5-8,14,16H,4,9-12H2,1-3H3,(H,18,20)/t14-,16-/m0/s1. The van der Waals surface area contributed by atoms with E-state index in [0.717, 1.165) is 30.9 Å². The minimum Gasteiger partial charge on any atom is -0.493 e. The molecule has 0 spiro atoms. The van der Waals surface area contributed by atoms with Crippen LogP contribution in [0.1, 0.15) is 18.9 Å². The van der Waals surface area contributed by atoms with E-state index >= 15 is 0 Å². The molecule has 5 heteroatoms. The zero-order valence-corrected chi connectivity index (χ0v) is 13.7. The molecule has 0 aromatic heterocycles. The van der Waals surface area contributed by atoms with Gasteiger partial charge in [-0.1, -0.05) is 25.1 Å². The molecule has 0 bridgehead atoms. The third-order valence-corrected chi connectivity index (χ3v) is 4.12. The number of para-hydroxylation sites is 1. The van der Waals surface area contributed by atoms with Crippen LogP contribution in [0.4, 0.5) is 0 Å². The van der Waals surface area contributed by atoms with Crippen LogP contribution >= 0.6 is 0 Å². The van der Waals surface area contributed by atoms with E-state index in [1.54, 1.807) is 7.11 Å². The van der Waals surface area contributed by atoms with Crippen molar-refractivity contribution in [2.45, 2.75) is 32.4 Å². The number of aryl methyl sites for hydroxylation is 1. The molecule has 0 saturated carbocycles. The van der Waals surface area contributed by atoms with Crippen LogP contribution in [0.15, 0.2) is 24.3 Å². The Hall–Kier alpha value is -1.59. The van der Waals surface area contributed by atoms with Crippen molar-refractivity contribution in [1.29, 1.82) is 0 Å². The van der Waals surface area contributed by atoms with Gasteiger partial charge in [0.05, 0.1) is 25.2 Å². The second kappa shape index (κ2) is 8.15. The molecule has 1 aliphatic rings. The molecular formula is C17H26N2O3. The first-order chi connectivity index (χ1) is 10.6. The van der Waals surface area contributed by atoms with E-state index in [1.165, 1.54) is 0 Å². The Kier molecular flexibility index (Phi) is 6.21. The van der Waals surface area contributed by atoms with Crippen molar-refractivity contribution in [2.24, 2.45) is 0 Å². The van der Waals surface area contributed by atoms with E-state index in [-0.39, 0.29) is 18.1 Å². The van der Waals surface area contributed by atoms with Crippen LogP contribution in [-0.4, -0.2) is 56.3 Å². The maximum atomic E-state index is 12.1. The van der Waals surface area contributed by atoms with E-state index in [1.807, 2.05) is 31.2 Å². The number of nitrogens with one attached hydrogen (secondary N) is 1. The van der Waals surface area contributed by atoms with Gasteiger partial charge in [0, 0.05) is 20.2 Å². The molecule has 0 aliphatic carbocycles.